The molecule has 0 aliphatic carbocycles. The molecule has 0 fully saturated rings. The lowest BCUT2D eigenvalue weighted by molar-refractivity contribution is 0.0687. The number of aromatic nitrogens is 3. The molecule has 0 aliphatic rings. The van der Waals surface area contributed by atoms with Gasteiger partial charge >= 0.3 is 5.97 Å². The predicted molar refractivity (Wildman–Crippen MR) is 92.9 cm³/mol. The Labute approximate surface area is 145 Å². The van der Waals surface area contributed by atoms with Gasteiger partial charge in [0.15, 0.2) is 0 Å². The van der Waals surface area contributed by atoms with E-state index in [-0.39, 0.29) is 5.69 Å². The molecule has 0 saturated heterocycles. The first kappa shape index (κ1) is 16.4. The van der Waals surface area contributed by atoms with Crippen LogP contribution < -0.4 is 0 Å². The molecule has 0 radical (unpaired) electrons. The van der Waals surface area contributed by atoms with Gasteiger partial charge in [0, 0.05) is 36.3 Å². The molecule has 3 rings (SSSR count). The molecule has 0 spiro atoms. The summed E-state index contributed by atoms with van der Waals surface area (Å²) in [4.78, 5) is 19.7. The van der Waals surface area contributed by atoms with Crippen LogP contribution in [-0.2, 0) is 13.5 Å². The highest BCUT2D eigenvalue weighted by Crippen LogP contribution is 2.33. The summed E-state index contributed by atoms with van der Waals surface area (Å²) in [7, 11) is 1.68. The predicted octanol–water partition coefficient (Wildman–Crippen LogP) is 3.28. The second-order valence-corrected chi connectivity index (χ2v) is 5.58. The molecule has 25 heavy (non-hydrogen) atoms. The monoisotopic (exact) mass is 332 g/mol. The van der Waals surface area contributed by atoms with Gasteiger partial charge in [-0.2, -0.15) is 5.26 Å². The van der Waals surface area contributed by atoms with E-state index in [0.29, 0.717) is 23.1 Å². The van der Waals surface area contributed by atoms with Crippen LogP contribution in [0.25, 0.3) is 22.3 Å². The number of carboxylic acids is 1. The highest BCUT2D eigenvalue weighted by atomic mass is 16.4. The summed E-state index contributed by atoms with van der Waals surface area (Å²) in [6.45, 7) is 1.91. The molecule has 2 heterocycles. The van der Waals surface area contributed by atoms with Crippen molar-refractivity contribution in [2.75, 3.05) is 0 Å². The minimum Gasteiger partial charge on any atom is -0.477 e. The zero-order valence-electron chi connectivity index (χ0n) is 13.9. The fraction of sp³-hybridized carbons (Fsp3) is 0.158. The molecular weight excluding hydrogens is 316 g/mol. The summed E-state index contributed by atoms with van der Waals surface area (Å²) >= 11 is 0. The summed E-state index contributed by atoms with van der Waals surface area (Å²) < 4.78 is 1.59. The van der Waals surface area contributed by atoms with E-state index >= 15 is 0 Å². The fourth-order valence-corrected chi connectivity index (χ4v) is 3.08. The molecule has 0 saturated carbocycles. The summed E-state index contributed by atoms with van der Waals surface area (Å²) in [6, 6.07) is 9.57. The molecular formula is C19H16N4O2. The molecule has 6 heteroatoms. The number of nitriles is 1. The van der Waals surface area contributed by atoms with E-state index in [1.165, 1.54) is 6.33 Å². The van der Waals surface area contributed by atoms with Crippen LogP contribution in [0.1, 0.15) is 28.7 Å². The topological polar surface area (TPSA) is 91.8 Å². The maximum Gasteiger partial charge on any atom is 0.353 e. The van der Waals surface area contributed by atoms with E-state index in [2.05, 4.69) is 16.0 Å². The number of rotatable bonds is 4. The van der Waals surface area contributed by atoms with Crippen molar-refractivity contribution in [3.63, 3.8) is 0 Å². The third kappa shape index (κ3) is 2.76. The van der Waals surface area contributed by atoms with Crippen LogP contribution in [0, 0.1) is 11.3 Å². The SMILES string of the molecule is CCc1c(C#N)c(-c2ccc(-c3cncnc3)cc2)c(C(=O)O)n1C. The van der Waals surface area contributed by atoms with Gasteiger partial charge in [0.25, 0.3) is 0 Å². The van der Waals surface area contributed by atoms with Gasteiger partial charge in [-0.15, -0.1) is 0 Å². The average Bonchev–Trinajstić information content (AvgIpc) is 2.94. The van der Waals surface area contributed by atoms with Crippen molar-refractivity contribution in [3.05, 3.63) is 59.9 Å². The Morgan fingerprint density at radius 2 is 1.76 bits per heavy atom. The molecule has 1 N–H and O–H groups in total. The van der Waals surface area contributed by atoms with Gasteiger partial charge in [-0.1, -0.05) is 31.2 Å². The molecule has 6 nitrogen and oxygen atoms in total. The highest BCUT2D eigenvalue weighted by Gasteiger charge is 2.25. The average molecular weight is 332 g/mol. The lowest BCUT2D eigenvalue weighted by Crippen LogP contribution is -2.07. The second kappa shape index (κ2) is 6.57. The third-order valence-corrected chi connectivity index (χ3v) is 4.23. The van der Waals surface area contributed by atoms with Gasteiger partial charge in [0.05, 0.1) is 5.56 Å². The van der Waals surface area contributed by atoms with Gasteiger partial charge in [0.1, 0.15) is 18.1 Å². The van der Waals surface area contributed by atoms with Crippen molar-refractivity contribution in [2.45, 2.75) is 13.3 Å². The molecule has 2 aromatic heterocycles. The van der Waals surface area contributed by atoms with Gasteiger partial charge in [-0.3, -0.25) is 0 Å². The molecule has 1 aromatic carbocycles. The highest BCUT2D eigenvalue weighted by molar-refractivity contribution is 5.97. The molecule has 0 amide bonds. The van der Waals surface area contributed by atoms with E-state index in [1.54, 1.807) is 24.0 Å². The van der Waals surface area contributed by atoms with Gasteiger partial charge in [0.2, 0.25) is 0 Å². The molecule has 3 aromatic rings. The normalized spacial score (nSPS) is 10.4. The van der Waals surface area contributed by atoms with Crippen LogP contribution in [-0.4, -0.2) is 25.6 Å². The Balaban J connectivity index is 2.17. The zero-order valence-corrected chi connectivity index (χ0v) is 13.9. The lowest BCUT2D eigenvalue weighted by Gasteiger charge is -2.06. The van der Waals surface area contributed by atoms with Crippen molar-refractivity contribution >= 4 is 5.97 Å². The maximum absolute atomic E-state index is 11.8. The summed E-state index contributed by atoms with van der Waals surface area (Å²) in [5.74, 6) is -1.05. The Kier molecular flexibility index (Phi) is 4.31. The molecule has 0 unspecified atom stereocenters. The summed E-state index contributed by atoms with van der Waals surface area (Å²) in [5.41, 5.74) is 4.22. The third-order valence-electron chi connectivity index (χ3n) is 4.23. The molecule has 124 valence electrons. The number of nitrogens with zero attached hydrogens (tertiary/aromatic N) is 4. The number of hydrogen-bond donors (Lipinski definition) is 1. The van der Waals surface area contributed by atoms with Crippen LogP contribution in [0.2, 0.25) is 0 Å². The van der Waals surface area contributed by atoms with Crippen LogP contribution >= 0.6 is 0 Å². The maximum atomic E-state index is 11.8. The Bertz CT molecular complexity index is 967. The number of hydrogen-bond acceptors (Lipinski definition) is 4. The van der Waals surface area contributed by atoms with Crippen LogP contribution in [0.3, 0.4) is 0 Å². The van der Waals surface area contributed by atoms with Crippen molar-refractivity contribution in [2.24, 2.45) is 7.05 Å². The van der Waals surface area contributed by atoms with Crippen molar-refractivity contribution in [3.8, 4) is 28.3 Å². The Morgan fingerprint density at radius 1 is 1.16 bits per heavy atom. The smallest absolute Gasteiger partial charge is 0.353 e. The van der Waals surface area contributed by atoms with Crippen LogP contribution in [0.15, 0.2) is 43.0 Å². The lowest BCUT2D eigenvalue weighted by atomic mass is 9.98. The van der Waals surface area contributed by atoms with E-state index in [9.17, 15) is 15.2 Å². The largest absolute Gasteiger partial charge is 0.477 e. The van der Waals surface area contributed by atoms with Crippen LogP contribution in [0.5, 0.6) is 0 Å². The van der Waals surface area contributed by atoms with Gasteiger partial charge in [-0.05, 0) is 17.5 Å². The number of carboxylic acid groups (broad SMARTS) is 1. The summed E-state index contributed by atoms with van der Waals surface area (Å²) in [5, 5.41) is 19.2. The minimum atomic E-state index is -1.05. The summed E-state index contributed by atoms with van der Waals surface area (Å²) in [6.07, 6.45) is 5.47. The van der Waals surface area contributed by atoms with Crippen molar-refractivity contribution in [1.82, 2.24) is 14.5 Å². The van der Waals surface area contributed by atoms with E-state index in [0.717, 1.165) is 16.8 Å². The van der Waals surface area contributed by atoms with Gasteiger partial charge < -0.3 is 9.67 Å². The Morgan fingerprint density at radius 3 is 2.28 bits per heavy atom. The quantitative estimate of drug-likeness (QED) is 0.791. The van der Waals surface area contributed by atoms with Crippen molar-refractivity contribution in [1.29, 1.82) is 5.26 Å². The number of benzene rings is 1. The second-order valence-electron chi connectivity index (χ2n) is 5.58. The van der Waals surface area contributed by atoms with E-state index < -0.39 is 5.97 Å². The van der Waals surface area contributed by atoms with E-state index in [1.807, 2.05) is 31.2 Å². The number of aromatic carboxylic acids is 1. The van der Waals surface area contributed by atoms with Gasteiger partial charge in [-0.25, -0.2) is 14.8 Å². The number of carbonyl (C=O) groups is 1. The molecule has 0 atom stereocenters. The Hall–Kier alpha value is -3.46. The van der Waals surface area contributed by atoms with Crippen molar-refractivity contribution < 1.29 is 9.90 Å². The zero-order chi connectivity index (χ0) is 18.0. The minimum absolute atomic E-state index is 0.129. The first-order valence-electron chi connectivity index (χ1n) is 7.79. The van der Waals surface area contributed by atoms with E-state index in [4.69, 9.17) is 0 Å². The molecule has 0 aliphatic heterocycles. The first-order valence-corrected chi connectivity index (χ1v) is 7.79. The molecule has 0 bridgehead atoms. The van der Waals surface area contributed by atoms with Crippen LogP contribution in [0.4, 0.5) is 0 Å². The standard InChI is InChI=1S/C19H16N4O2/c1-3-16-15(8-20)17(18(19(24)25)23(16)2)13-6-4-12(5-7-13)14-9-21-11-22-10-14/h4-7,9-11H,3H2,1-2H3,(H,24,25). The first-order chi connectivity index (χ1) is 12.1. The fourth-order valence-electron chi connectivity index (χ4n) is 3.08.